The Morgan fingerprint density at radius 2 is 2.12 bits per heavy atom. The number of anilines is 2. The normalized spacial score (nSPS) is 16.9. The molecule has 2 rings (SSSR count). The van der Waals surface area contributed by atoms with Gasteiger partial charge in [-0.05, 0) is 31.6 Å². The minimum Gasteiger partial charge on any atom is -0.370 e. The predicted molar refractivity (Wildman–Crippen MR) is 65.0 cm³/mol. The molecule has 0 saturated heterocycles. The van der Waals surface area contributed by atoms with Crippen LogP contribution in [0.15, 0.2) is 6.07 Å². The minimum atomic E-state index is 0.647. The molecular formula is C11H19N5. The summed E-state index contributed by atoms with van der Waals surface area (Å²) in [5, 5.41) is 3.33. The van der Waals surface area contributed by atoms with Gasteiger partial charge < -0.3 is 10.7 Å². The molecule has 1 aromatic rings. The van der Waals surface area contributed by atoms with Gasteiger partial charge in [0.1, 0.15) is 17.5 Å². The van der Waals surface area contributed by atoms with Crippen LogP contribution in [-0.4, -0.2) is 16.5 Å². The molecule has 1 aromatic heterocycles. The zero-order valence-electron chi connectivity index (χ0n) is 9.83. The molecule has 5 nitrogen and oxygen atoms in total. The maximum absolute atomic E-state index is 5.33. The molecule has 88 valence electrons. The molecule has 1 unspecified atom stereocenters. The minimum absolute atomic E-state index is 0.647. The predicted octanol–water partition coefficient (Wildman–Crippen LogP) is 1.53. The lowest BCUT2D eigenvalue weighted by molar-refractivity contribution is 0.536. The van der Waals surface area contributed by atoms with Gasteiger partial charge in [-0.25, -0.2) is 15.8 Å². The summed E-state index contributed by atoms with van der Waals surface area (Å²) in [4.78, 5) is 8.46. The molecule has 1 aliphatic rings. The monoisotopic (exact) mass is 221 g/mol. The van der Waals surface area contributed by atoms with E-state index in [1.54, 1.807) is 0 Å². The van der Waals surface area contributed by atoms with Crippen molar-refractivity contribution in [2.24, 2.45) is 17.7 Å². The number of hydrogen-bond acceptors (Lipinski definition) is 5. The van der Waals surface area contributed by atoms with Gasteiger partial charge in [-0.15, -0.1) is 0 Å². The van der Waals surface area contributed by atoms with E-state index in [-0.39, 0.29) is 0 Å². The second kappa shape index (κ2) is 4.65. The molecule has 0 radical (unpaired) electrons. The van der Waals surface area contributed by atoms with Gasteiger partial charge in [-0.2, -0.15) is 0 Å². The van der Waals surface area contributed by atoms with Crippen molar-refractivity contribution >= 4 is 11.6 Å². The van der Waals surface area contributed by atoms with E-state index >= 15 is 0 Å². The Morgan fingerprint density at radius 1 is 1.44 bits per heavy atom. The molecular weight excluding hydrogens is 202 g/mol. The third-order valence-corrected chi connectivity index (χ3v) is 3.02. The van der Waals surface area contributed by atoms with E-state index in [4.69, 9.17) is 5.84 Å². The molecule has 0 amide bonds. The van der Waals surface area contributed by atoms with Gasteiger partial charge in [-0.3, -0.25) is 0 Å². The summed E-state index contributed by atoms with van der Waals surface area (Å²) in [7, 11) is 0. The Hall–Kier alpha value is -1.36. The third kappa shape index (κ3) is 2.82. The standard InChI is InChI=1S/C11H19N5/c1-7(9-3-4-9)6-13-10-5-11(16-12)15-8(2)14-10/h5,7,9H,3-4,6,12H2,1-2H3,(H2,13,14,15,16). The SMILES string of the molecule is Cc1nc(NN)cc(NCC(C)C2CC2)n1. The largest absolute Gasteiger partial charge is 0.370 e. The van der Waals surface area contributed by atoms with Crippen LogP contribution in [0.25, 0.3) is 0 Å². The van der Waals surface area contributed by atoms with Crippen LogP contribution in [0.4, 0.5) is 11.6 Å². The maximum Gasteiger partial charge on any atom is 0.145 e. The molecule has 1 aliphatic carbocycles. The number of nitrogens with one attached hydrogen (secondary N) is 2. The average Bonchev–Trinajstić information content (AvgIpc) is 3.08. The summed E-state index contributed by atoms with van der Waals surface area (Å²) in [5.74, 6) is 9.16. The number of aryl methyl sites for hydroxylation is 1. The van der Waals surface area contributed by atoms with Gasteiger partial charge in [0.05, 0.1) is 0 Å². The molecule has 4 N–H and O–H groups in total. The van der Waals surface area contributed by atoms with Crippen molar-refractivity contribution in [1.82, 2.24) is 9.97 Å². The van der Waals surface area contributed by atoms with Crippen LogP contribution >= 0.6 is 0 Å². The summed E-state index contributed by atoms with van der Waals surface area (Å²) in [6, 6.07) is 1.83. The average molecular weight is 221 g/mol. The molecule has 1 atom stereocenters. The van der Waals surface area contributed by atoms with Crippen molar-refractivity contribution in [3.63, 3.8) is 0 Å². The van der Waals surface area contributed by atoms with E-state index in [9.17, 15) is 0 Å². The molecule has 0 bridgehead atoms. The van der Waals surface area contributed by atoms with Crippen LogP contribution in [0.2, 0.25) is 0 Å². The first-order valence-corrected chi connectivity index (χ1v) is 5.75. The van der Waals surface area contributed by atoms with E-state index in [2.05, 4.69) is 27.6 Å². The van der Waals surface area contributed by atoms with Crippen molar-refractivity contribution in [2.45, 2.75) is 26.7 Å². The van der Waals surface area contributed by atoms with E-state index in [0.29, 0.717) is 11.7 Å². The highest BCUT2D eigenvalue weighted by Crippen LogP contribution is 2.36. The van der Waals surface area contributed by atoms with Crippen LogP contribution < -0.4 is 16.6 Å². The smallest absolute Gasteiger partial charge is 0.145 e. The van der Waals surface area contributed by atoms with E-state index in [0.717, 1.165) is 24.1 Å². The first kappa shape index (κ1) is 11.1. The number of nitrogen functional groups attached to an aromatic ring is 1. The first-order valence-electron chi connectivity index (χ1n) is 5.75. The molecule has 5 heteroatoms. The number of nitrogens with zero attached hydrogens (tertiary/aromatic N) is 2. The van der Waals surface area contributed by atoms with Crippen LogP contribution in [0.3, 0.4) is 0 Å². The highest BCUT2D eigenvalue weighted by atomic mass is 15.3. The zero-order chi connectivity index (χ0) is 11.5. The zero-order valence-corrected chi connectivity index (χ0v) is 9.83. The van der Waals surface area contributed by atoms with Crippen LogP contribution in [0.5, 0.6) is 0 Å². The lowest BCUT2D eigenvalue weighted by atomic mass is 10.1. The summed E-state index contributed by atoms with van der Waals surface area (Å²) >= 11 is 0. The Bertz CT molecular complexity index is 361. The van der Waals surface area contributed by atoms with Gasteiger partial charge in [0.2, 0.25) is 0 Å². The highest BCUT2D eigenvalue weighted by Gasteiger charge is 2.27. The number of rotatable bonds is 5. The fourth-order valence-corrected chi connectivity index (χ4v) is 1.83. The second-order valence-electron chi connectivity index (χ2n) is 4.53. The summed E-state index contributed by atoms with van der Waals surface area (Å²) in [6.45, 7) is 5.10. The van der Waals surface area contributed by atoms with Gasteiger partial charge in [0, 0.05) is 12.6 Å². The van der Waals surface area contributed by atoms with Crippen LogP contribution in [0, 0.1) is 18.8 Å². The molecule has 1 fully saturated rings. The highest BCUT2D eigenvalue weighted by molar-refractivity contribution is 5.46. The third-order valence-electron chi connectivity index (χ3n) is 3.02. The van der Waals surface area contributed by atoms with Crippen molar-refractivity contribution in [3.05, 3.63) is 11.9 Å². The topological polar surface area (TPSA) is 75.9 Å². The van der Waals surface area contributed by atoms with Crippen LogP contribution in [0.1, 0.15) is 25.6 Å². The summed E-state index contributed by atoms with van der Waals surface area (Å²) in [6.07, 6.45) is 2.75. The van der Waals surface area contributed by atoms with Crippen LogP contribution in [-0.2, 0) is 0 Å². The number of nitrogens with two attached hydrogens (primary N) is 1. The van der Waals surface area contributed by atoms with E-state index in [1.807, 2.05) is 13.0 Å². The lowest BCUT2D eigenvalue weighted by Gasteiger charge is -2.12. The van der Waals surface area contributed by atoms with Crippen molar-refractivity contribution in [3.8, 4) is 0 Å². The van der Waals surface area contributed by atoms with Crippen molar-refractivity contribution < 1.29 is 0 Å². The van der Waals surface area contributed by atoms with E-state index in [1.165, 1.54) is 12.8 Å². The molecule has 0 spiro atoms. The Kier molecular flexibility index (Phi) is 3.24. The quantitative estimate of drug-likeness (QED) is 0.519. The number of aromatic nitrogens is 2. The van der Waals surface area contributed by atoms with E-state index < -0.39 is 0 Å². The molecule has 1 saturated carbocycles. The summed E-state index contributed by atoms with van der Waals surface area (Å²) in [5.41, 5.74) is 2.54. The van der Waals surface area contributed by atoms with Crippen molar-refractivity contribution in [2.75, 3.05) is 17.3 Å². The lowest BCUT2D eigenvalue weighted by Crippen LogP contribution is -2.15. The Morgan fingerprint density at radius 3 is 2.75 bits per heavy atom. The van der Waals surface area contributed by atoms with Crippen molar-refractivity contribution in [1.29, 1.82) is 0 Å². The molecule has 0 aliphatic heterocycles. The fraction of sp³-hybridized carbons (Fsp3) is 0.636. The molecule has 16 heavy (non-hydrogen) atoms. The van der Waals surface area contributed by atoms with Gasteiger partial charge in [-0.1, -0.05) is 6.92 Å². The molecule has 0 aromatic carbocycles. The summed E-state index contributed by atoms with van der Waals surface area (Å²) < 4.78 is 0. The van der Waals surface area contributed by atoms with Gasteiger partial charge in [0.15, 0.2) is 0 Å². The Labute approximate surface area is 95.8 Å². The van der Waals surface area contributed by atoms with Gasteiger partial charge >= 0.3 is 0 Å². The maximum atomic E-state index is 5.33. The molecule has 1 heterocycles. The fourth-order valence-electron chi connectivity index (χ4n) is 1.83. The first-order chi connectivity index (χ1) is 7.69. The number of hydrazine groups is 1. The Balaban J connectivity index is 1.94. The number of hydrogen-bond donors (Lipinski definition) is 3. The van der Waals surface area contributed by atoms with Gasteiger partial charge in [0.25, 0.3) is 0 Å². The second-order valence-corrected chi connectivity index (χ2v) is 4.53.